The van der Waals surface area contributed by atoms with Crippen molar-refractivity contribution in [1.82, 2.24) is 24.9 Å². The SMILES string of the molecule is Cc1c(C(=O)N2CCN(CCNC(=O)c3ccccc3F)CC2)cnn1-c1cccc(Cl)c1. The Labute approximate surface area is 196 Å². The van der Waals surface area contributed by atoms with Crippen LogP contribution in [0.25, 0.3) is 5.69 Å². The van der Waals surface area contributed by atoms with E-state index in [9.17, 15) is 14.0 Å². The van der Waals surface area contributed by atoms with Gasteiger partial charge in [0.2, 0.25) is 0 Å². The highest BCUT2D eigenvalue weighted by Crippen LogP contribution is 2.19. The summed E-state index contributed by atoms with van der Waals surface area (Å²) in [6.07, 6.45) is 1.60. The van der Waals surface area contributed by atoms with Gasteiger partial charge in [-0.3, -0.25) is 14.5 Å². The number of rotatable bonds is 6. The number of hydrogen-bond donors (Lipinski definition) is 1. The highest BCUT2D eigenvalue weighted by Gasteiger charge is 2.25. The normalized spacial score (nSPS) is 14.3. The third-order valence-electron chi connectivity index (χ3n) is 5.78. The van der Waals surface area contributed by atoms with Gasteiger partial charge in [-0.05, 0) is 37.3 Å². The van der Waals surface area contributed by atoms with Gasteiger partial charge in [0.25, 0.3) is 11.8 Å². The fourth-order valence-corrected chi connectivity index (χ4v) is 4.09. The van der Waals surface area contributed by atoms with Crippen molar-refractivity contribution >= 4 is 23.4 Å². The summed E-state index contributed by atoms with van der Waals surface area (Å²) in [5.74, 6) is -1.00. The van der Waals surface area contributed by atoms with Crippen LogP contribution in [-0.4, -0.2) is 70.7 Å². The lowest BCUT2D eigenvalue weighted by Crippen LogP contribution is -2.50. The maximum absolute atomic E-state index is 13.7. The van der Waals surface area contributed by atoms with Crippen LogP contribution in [0.1, 0.15) is 26.4 Å². The summed E-state index contributed by atoms with van der Waals surface area (Å²) in [6.45, 7) is 5.48. The Kier molecular flexibility index (Phi) is 7.05. The molecular weight excluding hydrogens is 445 g/mol. The van der Waals surface area contributed by atoms with E-state index in [0.29, 0.717) is 49.9 Å². The Morgan fingerprint density at radius 1 is 1.06 bits per heavy atom. The Morgan fingerprint density at radius 3 is 2.55 bits per heavy atom. The second-order valence-corrected chi connectivity index (χ2v) is 8.34. The second-order valence-electron chi connectivity index (χ2n) is 7.90. The van der Waals surface area contributed by atoms with E-state index in [0.717, 1.165) is 11.4 Å². The van der Waals surface area contributed by atoms with Crippen LogP contribution in [-0.2, 0) is 0 Å². The minimum absolute atomic E-state index is 0.0432. The monoisotopic (exact) mass is 469 g/mol. The van der Waals surface area contributed by atoms with Crippen LogP contribution in [0.2, 0.25) is 5.02 Å². The van der Waals surface area contributed by atoms with Gasteiger partial charge < -0.3 is 10.2 Å². The number of nitrogens with one attached hydrogen (secondary N) is 1. The predicted molar refractivity (Wildman–Crippen MR) is 124 cm³/mol. The van der Waals surface area contributed by atoms with Crippen LogP contribution in [0, 0.1) is 12.7 Å². The Hall–Kier alpha value is -3.23. The number of carbonyl (C=O) groups is 2. The van der Waals surface area contributed by atoms with Crippen molar-refractivity contribution in [3.8, 4) is 5.69 Å². The summed E-state index contributed by atoms with van der Waals surface area (Å²) in [6, 6.07) is 13.3. The molecule has 0 saturated carbocycles. The van der Waals surface area contributed by atoms with Gasteiger partial charge in [-0.2, -0.15) is 5.10 Å². The summed E-state index contributed by atoms with van der Waals surface area (Å²) in [5, 5.41) is 7.74. The molecule has 9 heteroatoms. The number of piperazine rings is 1. The molecule has 0 atom stereocenters. The molecule has 0 bridgehead atoms. The third-order valence-corrected chi connectivity index (χ3v) is 6.02. The molecular formula is C24H25ClFN5O2. The van der Waals surface area contributed by atoms with Crippen molar-refractivity contribution in [2.24, 2.45) is 0 Å². The van der Waals surface area contributed by atoms with E-state index in [2.05, 4.69) is 15.3 Å². The van der Waals surface area contributed by atoms with E-state index in [-0.39, 0.29) is 11.5 Å². The fourth-order valence-electron chi connectivity index (χ4n) is 3.90. The lowest BCUT2D eigenvalue weighted by atomic mass is 10.2. The van der Waals surface area contributed by atoms with Gasteiger partial charge >= 0.3 is 0 Å². The molecule has 1 fully saturated rings. The number of nitrogens with zero attached hydrogens (tertiary/aromatic N) is 4. The Balaban J connectivity index is 1.28. The van der Waals surface area contributed by atoms with Gasteiger partial charge in [0.1, 0.15) is 5.82 Å². The number of halogens is 2. The van der Waals surface area contributed by atoms with Crippen molar-refractivity contribution in [2.75, 3.05) is 39.3 Å². The number of amides is 2. The molecule has 0 unspecified atom stereocenters. The summed E-state index contributed by atoms with van der Waals surface area (Å²) >= 11 is 6.08. The van der Waals surface area contributed by atoms with E-state index < -0.39 is 11.7 Å². The molecule has 2 heterocycles. The average molecular weight is 470 g/mol. The van der Waals surface area contributed by atoms with Crippen molar-refractivity contribution < 1.29 is 14.0 Å². The number of hydrogen-bond acceptors (Lipinski definition) is 4. The van der Waals surface area contributed by atoms with Crippen LogP contribution >= 0.6 is 11.6 Å². The highest BCUT2D eigenvalue weighted by atomic mass is 35.5. The zero-order valence-corrected chi connectivity index (χ0v) is 19.1. The Bertz CT molecular complexity index is 1160. The first kappa shape index (κ1) is 22.9. The van der Waals surface area contributed by atoms with E-state index in [1.807, 2.05) is 24.0 Å². The molecule has 1 N–H and O–H groups in total. The molecule has 1 aliphatic heterocycles. The van der Waals surface area contributed by atoms with Gasteiger partial charge in [0, 0.05) is 44.3 Å². The Morgan fingerprint density at radius 2 is 1.82 bits per heavy atom. The van der Waals surface area contributed by atoms with Crippen LogP contribution < -0.4 is 5.32 Å². The first-order valence-electron chi connectivity index (χ1n) is 10.8. The van der Waals surface area contributed by atoms with Gasteiger partial charge in [0.15, 0.2) is 0 Å². The highest BCUT2D eigenvalue weighted by molar-refractivity contribution is 6.30. The molecule has 172 valence electrons. The molecule has 0 spiro atoms. The predicted octanol–water partition coefficient (Wildman–Crippen LogP) is 3.16. The fraction of sp³-hybridized carbons (Fsp3) is 0.292. The van der Waals surface area contributed by atoms with E-state index in [1.54, 1.807) is 35.1 Å². The van der Waals surface area contributed by atoms with E-state index in [1.165, 1.54) is 12.1 Å². The summed E-state index contributed by atoms with van der Waals surface area (Å²) in [5.41, 5.74) is 2.18. The van der Waals surface area contributed by atoms with Crippen LogP contribution in [0.4, 0.5) is 4.39 Å². The van der Waals surface area contributed by atoms with Crippen molar-refractivity contribution in [2.45, 2.75) is 6.92 Å². The third kappa shape index (κ3) is 5.23. The molecule has 4 rings (SSSR count). The molecule has 3 aromatic rings. The maximum Gasteiger partial charge on any atom is 0.257 e. The molecule has 2 aromatic carbocycles. The van der Waals surface area contributed by atoms with Gasteiger partial charge in [0.05, 0.1) is 28.7 Å². The van der Waals surface area contributed by atoms with Gasteiger partial charge in [-0.15, -0.1) is 0 Å². The van der Waals surface area contributed by atoms with Gasteiger partial charge in [-0.1, -0.05) is 29.8 Å². The molecule has 1 aromatic heterocycles. The number of aromatic nitrogens is 2. The van der Waals surface area contributed by atoms with Crippen LogP contribution in [0.15, 0.2) is 54.7 Å². The van der Waals surface area contributed by atoms with Crippen molar-refractivity contribution in [3.05, 3.63) is 82.4 Å². The lowest BCUT2D eigenvalue weighted by molar-refractivity contribution is 0.0637. The standard InChI is InChI=1S/C24H25ClFN5O2/c1-17-21(16-28-31(17)19-6-4-5-18(25)15-19)24(33)30-13-11-29(12-14-30)10-9-27-23(32)20-7-2-3-8-22(20)26/h2-8,15-16H,9-14H2,1H3,(H,27,32). The molecule has 1 aliphatic rings. The number of carbonyl (C=O) groups excluding carboxylic acids is 2. The minimum atomic E-state index is -0.531. The first-order chi connectivity index (χ1) is 15.9. The quantitative estimate of drug-likeness (QED) is 0.602. The average Bonchev–Trinajstić information content (AvgIpc) is 3.20. The van der Waals surface area contributed by atoms with Crippen LogP contribution in [0.3, 0.4) is 0 Å². The summed E-state index contributed by atoms with van der Waals surface area (Å²) in [7, 11) is 0. The molecule has 1 saturated heterocycles. The van der Waals surface area contributed by atoms with Crippen molar-refractivity contribution in [3.63, 3.8) is 0 Å². The van der Waals surface area contributed by atoms with Crippen LogP contribution in [0.5, 0.6) is 0 Å². The summed E-state index contributed by atoms with van der Waals surface area (Å²) < 4.78 is 15.4. The summed E-state index contributed by atoms with van der Waals surface area (Å²) in [4.78, 5) is 29.2. The lowest BCUT2D eigenvalue weighted by Gasteiger charge is -2.34. The molecule has 0 radical (unpaired) electrons. The van der Waals surface area contributed by atoms with E-state index in [4.69, 9.17) is 11.6 Å². The van der Waals surface area contributed by atoms with E-state index >= 15 is 0 Å². The second kappa shape index (κ2) is 10.1. The topological polar surface area (TPSA) is 70.5 Å². The number of benzene rings is 2. The zero-order chi connectivity index (χ0) is 23.4. The zero-order valence-electron chi connectivity index (χ0n) is 18.3. The first-order valence-corrected chi connectivity index (χ1v) is 11.2. The molecule has 7 nitrogen and oxygen atoms in total. The largest absolute Gasteiger partial charge is 0.351 e. The smallest absolute Gasteiger partial charge is 0.257 e. The van der Waals surface area contributed by atoms with Gasteiger partial charge in [-0.25, -0.2) is 9.07 Å². The van der Waals surface area contributed by atoms with Crippen molar-refractivity contribution in [1.29, 1.82) is 0 Å². The molecule has 33 heavy (non-hydrogen) atoms. The minimum Gasteiger partial charge on any atom is -0.351 e. The molecule has 2 amide bonds. The molecule has 0 aliphatic carbocycles. The maximum atomic E-state index is 13.7.